The minimum Gasteiger partial charge on any atom is -0.497 e. The molecule has 0 bridgehead atoms. The molecule has 5 aromatic rings. The Morgan fingerprint density at radius 3 is 2.51 bits per heavy atom. The van der Waals surface area contributed by atoms with Crippen LogP contribution in [0.5, 0.6) is 11.5 Å². The number of methoxy groups -OCH3 is 2. The Labute approximate surface area is 204 Å². The van der Waals surface area contributed by atoms with Crippen molar-refractivity contribution in [2.75, 3.05) is 14.2 Å². The van der Waals surface area contributed by atoms with E-state index >= 15 is 0 Å². The summed E-state index contributed by atoms with van der Waals surface area (Å²) in [6.45, 7) is 0. The predicted molar refractivity (Wildman–Crippen MR) is 137 cm³/mol. The molecule has 0 unspecified atom stereocenters. The lowest BCUT2D eigenvalue weighted by Crippen LogP contribution is -2.19. The molecular formula is C28H29N5O2. The van der Waals surface area contributed by atoms with E-state index < -0.39 is 0 Å². The Hall–Kier alpha value is -4.10. The SMILES string of the molecule is COc1ccc(-n2c(CCc3ccccc3)nnc2[C@H](N)Cc2c[nH]c3ccccc23)c(OC)c1. The van der Waals surface area contributed by atoms with Crippen LogP contribution < -0.4 is 15.2 Å². The summed E-state index contributed by atoms with van der Waals surface area (Å²) in [5.74, 6) is 2.92. The first-order valence-electron chi connectivity index (χ1n) is 11.7. The second kappa shape index (κ2) is 10.0. The van der Waals surface area contributed by atoms with Gasteiger partial charge in [-0.05, 0) is 42.2 Å². The molecule has 7 heteroatoms. The molecule has 0 fully saturated rings. The number of hydrogen-bond donors (Lipinski definition) is 2. The van der Waals surface area contributed by atoms with Crippen LogP contribution in [0.15, 0.2) is 79.0 Å². The molecule has 0 aliphatic rings. The van der Waals surface area contributed by atoms with Crippen LogP contribution in [0.4, 0.5) is 0 Å². The van der Waals surface area contributed by atoms with Gasteiger partial charge >= 0.3 is 0 Å². The van der Waals surface area contributed by atoms with E-state index in [1.807, 2.05) is 47.2 Å². The molecule has 0 radical (unpaired) electrons. The molecule has 1 atom stereocenters. The average molecular weight is 468 g/mol. The maximum atomic E-state index is 6.78. The van der Waals surface area contributed by atoms with Gasteiger partial charge in [0.05, 0.1) is 25.9 Å². The van der Waals surface area contributed by atoms with Gasteiger partial charge in [0, 0.05) is 29.6 Å². The highest BCUT2D eigenvalue weighted by Gasteiger charge is 2.23. The van der Waals surface area contributed by atoms with Crippen molar-refractivity contribution in [3.05, 3.63) is 102 Å². The number of hydrogen-bond acceptors (Lipinski definition) is 5. The van der Waals surface area contributed by atoms with Gasteiger partial charge < -0.3 is 20.2 Å². The van der Waals surface area contributed by atoms with Crippen molar-refractivity contribution in [3.63, 3.8) is 0 Å². The van der Waals surface area contributed by atoms with E-state index in [-0.39, 0.29) is 6.04 Å². The van der Waals surface area contributed by atoms with Gasteiger partial charge in [-0.25, -0.2) is 0 Å². The van der Waals surface area contributed by atoms with Crippen molar-refractivity contribution in [2.24, 2.45) is 5.73 Å². The number of fused-ring (bicyclic) bond motifs is 1. The third kappa shape index (κ3) is 4.63. The number of aromatic amines is 1. The fourth-order valence-electron chi connectivity index (χ4n) is 4.49. The molecule has 35 heavy (non-hydrogen) atoms. The van der Waals surface area contributed by atoms with Crippen molar-refractivity contribution >= 4 is 10.9 Å². The Balaban J connectivity index is 1.53. The van der Waals surface area contributed by atoms with Gasteiger partial charge in [0.2, 0.25) is 0 Å². The zero-order valence-corrected chi connectivity index (χ0v) is 19.9. The highest BCUT2D eigenvalue weighted by atomic mass is 16.5. The van der Waals surface area contributed by atoms with Crippen molar-refractivity contribution in [1.82, 2.24) is 19.7 Å². The monoisotopic (exact) mass is 467 g/mol. The van der Waals surface area contributed by atoms with E-state index in [4.69, 9.17) is 15.2 Å². The number of benzene rings is 3. The quantitative estimate of drug-likeness (QED) is 0.325. The normalized spacial score (nSPS) is 12.1. The number of nitrogens with two attached hydrogens (primary N) is 1. The summed E-state index contributed by atoms with van der Waals surface area (Å²) in [6.07, 6.45) is 4.20. The molecule has 7 nitrogen and oxygen atoms in total. The summed E-state index contributed by atoms with van der Waals surface area (Å²) < 4.78 is 13.2. The molecule has 0 amide bonds. The second-order valence-electron chi connectivity index (χ2n) is 8.50. The number of ether oxygens (including phenoxy) is 2. The second-order valence-corrected chi connectivity index (χ2v) is 8.50. The van der Waals surface area contributed by atoms with Gasteiger partial charge in [-0.1, -0.05) is 48.5 Å². The average Bonchev–Trinajstić information content (AvgIpc) is 3.52. The maximum Gasteiger partial charge on any atom is 0.155 e. The standard InChI is InChI=1S/C28H29N5O2/c1-34-21-13-14-25(26(17-21)35-2)33-27(15-12-19-8-4-3-5-9-19)31-32-28(33)23(29)16-20-18-30-24-11-7-6-10-22(20)24/h3-11,13-14,17-18,23,30H,12,15-16,29H2,1-2H3/t23-/m1/s1. The van der Waals surface area contributed by atoms with Crippen LogP contribution in [0.25, 0.3) is 16.6 Å². The molecule has 0 aliphatic heterocycles. The van der Waals surface area contributed by atoms with E-state index in [0.29, 0.717) is 30.2 Å². The summed E-state index contributed by atoms with van der Waals surface area (Å²) in [4.78, 5) is 3.33. The van der Waals surface area contributed by atoms with Gasteiger partial charge in [0.25, 0.3) is 0 Å². The van der Waals surface area contributed by atoms with Gasteiger partial charge in [0.1, 0.15) is 17.3 Å². The van der Waals surface area contributed by atoms with Gasteiger partial charge in [-0.3, -0.25) is 4.57 Å². The largest absolute Gasteiger partial charge is 0.497 e. The van der Waals surface area contributed by atoms with Crippen LogP contribution in [-0.4, -0.2) is 34.0 Å². The van der Waals surface area contributed by atoms with Gasteiger partial charge in [-0.2, -0.15) is 0 Å². The topological polar surface area (TPSA) is 91.0 Å². The molecule has 0 aliphatic carbocycles. The van der Waals surface area contributed by atoms with Crippen LogP contribution in [0.3, 0.4) is 0 Å². The minimum atomic E-state index is -0.362. The number of aromatic nitrogens is 4. The van der Waals surface area contributed by atoms with Crippen molar-refractivity contribution < 1.29 is 9.47 Å². The predicted octanol–water partition coefficient (Wildman–Crippen LogP) is 4.79. The Bertz CT molecular complexity index is 1420. The molecular weight excluding hydrogens is 438 g/mol. The first-order valence-corrected chi connectivity index (χ1v) is 11.7. The van der Waals surface area contributed by atoms with Crippen molar-refractivity contribution in [1.29, 1.82) is 0 Å². The zero-order valence-electron chi connectivity index (χ0n) is 19.9. The smallest absolute Gasteiger partial charge is 0.155 e. The van der Waals surface area contributed by atoms with E-state index in [0.717, 1.165) is 29.0 Å². The highest BCUT2D eigenvalue weighted by Crippen LogP contribution is 2.32. The number of aryl methyl sites for hydroxylation is 2. The number of rotatable bonds is 9. The lowest BCUT2D eigenvalue weighted by atomic mass is 10.0. The maximum absolute atomic E-state index is 6.78. The first-order chi connectivity index (χ1) is 17.2. The van der Waals surface area contributed by atoms with E-state index in [2.05, 4.69) is 51.6 Å². The molecule has 5 rings (SSSR count). The van der Waals surface area contributed by atoms with Crippen molar-refractivity contribution in [2.45, 2.75) is 25.3 Å². The Morgan fingerprint density at radius 2 is 1.71 bits per heavy atom. The third-order valence-electron chi connectivity index (χ3n) is 6.31. The Morgan fingerprint density at radius 1 is 0.914 bits per heavy atom. The molecule has 178 valence electrons. The van der Waals surface area contributed by atoms with Crippen LogP contribution in [-0.2, 0) is 19.3 Å². The molecule has 0 saturated heterocycles. The van der Waals surface area contributed by atoms with Crippen LogP contribution in [0.1, 0.15) is 28.8 Å². The molecule has 0 spiro atoms. The molecule has 2 aromatic heterocycles. The lowest BCUT2D eigenvalue weighted by molar-refractivity contribution is 0.392. The van der Waals surface area contributed by atoms with Crippen LogP contribution >= 0.6 is 0 Å². The number of H-pyrrole nitrogens is 1. The highest BCUT2D eigenvalue weighted by molar-refractivity contribution is 5.83. The van der Waals surface area contributed by atoms with E-state index in [9.17, 15) is 0 Å². The van der Waals surface area contributed by atoms with Gasteiger partial charge in [0.15, 0.2) is 5.82 Å². The lowest BCUT2D eigenvalue weighted by Gasteiger charge is -2.18. The fraction of sp³-hybridized carbons (Fsp3) is 0.214. The fourth-order valence-corrected chi connectivity index (χ4v) is 4.49. The number of nitrogens with zero attached hydrogens (tertiary/aromatic N) is 3. The summed E-state index contributed by atoms with van der Waals surface area (Å²) in [5.41, 5.74) is 11.1. The minimum absolute atomic E-state index is 0.362. The number of para-hydroxylation sites is 1. The molecule has 0 saturated carbocycles. The third-order valence-corrected chi connectivity index (χ3v) is 6.31. The summed E-state index contributed by atoms with van der Waals surface area (Å²) in [5, 5.41) is 10.3. The van der Waals surface area contributed by atoms with Crippen LogP contribution in [0, 0.1) is 0 Å². The summed E-state index contributed by atoms with van der Waals surface area (Å²) in [7, 11) is 3.29. The van der Waals surface area contributed by atoms with Crippen molar-refractivity contribution in [3.8, 4) is 17.2 Å². The van der Waals surface area contributed by atoms with Gasteiger partial charge in [-0.15, -0.1) is 10.2 Å². The van der Waals surface area contributed by atoms with E-state index in [1.54, 1.807) is 14.2 Å². The van der Waals surface area contributed by atoms with Crippen LogP contribution in [0.2, 0.25) is 0 Å². The zero-order chi connectivity index (χ0) is 24.2. The Kier molecular flexibility index (Phi) is 6.50. The molecule has 3 aromatic carbocycles. The molecule has 3 N–H and O–H groups in total. The summed E-state index contributed by atoms with van der Waals surface area (Å²) >= 11 is 0. The van der Waals surface area contributed by atoms with E-state index in [1.165, 1.54) is 10.9 Å². The summed E-state index contributed by atoms with van der Waals surface area (Å²) in [6, 6.07) is 24.0. The molecule has 2 heterocycles. The first kappa shape index (κ1) is 22.7. The number of nitrogens with one attached hydrogen (secondary N) is 1.